The van der Waals surface area contributed by atoms with E-state index in [2.05, 4.69) is 22.1 Å². The lowest BCUT2D eigenvalue weighted by molar-refractivity contribution is -0.139. The van der Waals surface area contributed by atoms with Gasteiger partial charge < -0.3 is 24.8 Å². The Labute approximate surface area is 193 Å². The van der Waals surface area contributed by atoms with E-state index in [1.54, 1.807) is 17.4 Å². The van der Waals surface area contributed by atoms with Crippen molar-refractivity contribution < 1.29 is 14.3 Å². The third-order valence-corrected chi connectivity index (χ3v) is 7.00. The number of aromatic nitrogens is 1. The molecule has 1 aromatic heterocycles. The second-order valence-electron chi connectivity index (χ2n) is 8.16. The van der Waals surface area contributed by atoms with E-state index in [9.17, 15) is 9.59 Å². The molecule has 32 heavy (non-hydrogen) atoms. The van der Waals surface area contributed by atoms with Gasteiger partial charge >= 0.3 is 0 Å². The second-order valence-corrected chi connectivity index (χ2v) is 9.02. The Morgan fingerprint density at radius 1 is 1.12 bits per heavy atom. The zero-order valence-corrected chi connectivity index (χ0v) is 19.6. The van der Waals surface area contributed by atoms with Gasteiger partial charge in [0.15, 0.2) is 5.13 Å². The molecular weight excluding hydrogens is 426 g/mol. The fourth-order valence-electron chi connectivity index (χ4n) is 4.30. The third kappa shape index (κ3) is 5.05. The molecule has 3 heterocycles. The topological polar surface area (TPSA) is 78.0 Å². The molecule has 2 aliphatic rings. The van der Waals surface area contributed by atoms with Crippen LogP contribution in [0.2, 0.25) is 0 Å². The van der Waals surface area contributed by atoms with Crippen LogP contribution in [0.3, 0.4) is 0 Å². The summed E-state index contributed by atoms with van der Waals surface area (Å²) in [7, 11) is 1.63. The maximum absolute atomic E-state index is 13.3. The first kappa shape index (κ1) is 22.5. The predicted octanol–water partition coefficient (Wildman–Crippen LogP) is 3.05. The van der Waals surface area contributed by atoms with Crippen LogP contribution >= 0.6 is 11.3 Å². The van der Waals surface area contributed by atoms with Gasteiger partial charge in [0.05, 0.1) is 7.11 Å². The number of nitrogens with zero attached hydrogens (tertiary/aromatic N) is 4. The SMILES string of the molecule is CCN1CCN(C(=O)C2CCCCN2C(=O)c2csc(Nc3ccc(OC)cc3)n2)CC1. The van der Waals surface area contributed by atoms with Gasteiger partial charge in [0.1, 0.15) is 17.5 Å². The molecule has 2 saturated heterocycles. The number of piperazine rings is 1. The molecule has 0 radical (unpaired) electrons. The summed E-state index contributed by atoms with van der Waals surface area (Å²) in [5.41, 5.74) is 1.26. The quantitative estimate of drug-likeness (QED) is 0.718. The van der Waals surface area contributed by atoms with Crippen molar-refractivity contribution in [1.82, 2.24) is 19.7 Å². The van der Waals surface area contributed by atoms with Crippen molar-refractivity contribution in [2.75, 3.05) is 51.7 Å². The van der Waals surface area contributed by atoms with Gasteiger partial charge in [0.2, 0.25) is 5.91 Å². The van der Waals surface area contributed by atoms with E-state index in [1.807, 2.05) is 29.2 Å². The fraction of sp³-hybridized carbons (Fsp3) is 0.522. The van der Waals surface area contributed by atoms with Crippen molar-refractivity contribution in [1.29, 1.82) is 0 Å². The van der Waals surface area contributed by atoms with E-state index in [0.29, 0.717) is 17.4 Å². The van der Waals surface area contributed by atoms with Gasteiger partial charge in [0.25, 0.3) is 5.91 Å². The lowest BCUT2D eigenvalue weighted by atomic mass is 10.00. The Bertz CT molecular complexity index is 924. The molecule has 2 amide bonds. The zero-order valence-electron chi connectivity index (χ0n) is 18.7. The summed E-state index contributed by atoms with van der Waals surface area (Å²) < 4.78 is 5.18. The summed E-state index contributed by atoms with van der Waals surface area (Å²) in [6.07, 6.45) is 2.61. The van der Waals surface area contributed by atoms with Crippen LogP contribution in [0.1, 0.15) is 36.7 Å². The van der Waals surface area contributed by atoms with Crippen molar-refractivity contribution in [3.63, 3.8) is 0 Å². The molecule has 0 bridgehead atoms. The van der Waals surface area contributed by atoms with Crippen LogP contribution in [-0.2, 0) is 4.79 Å². The lowest BCUT2D eigenvalue weighted by Gasteiger charge is -2.40. The minimum absolute atomic E-state index is 0.0839. The number of methoxy groups -OCH3 is 1. The number of ether oxygens (including phenoxy) is 1. The number of rotatable bonds is 6. The van der Waals surface area contributed by atoms with E-state index in [-0.39, 0.29) is 17.9 Å². The zero-order chi connectivity index (χ0) is 22.5. The minimum Gasteiger partial charge on any atom is -0.497 e. The van der Waals surface area contributed by atoms with E-state index in [1.165, 1.54) is 11.3 Å². The highest BCUT2D eigenvalue weighted by atomic mass is 32.1. The first-order chi connectivity index (χ1) is 15.6. The number of likely N-dealkylation sites (N-methyl/N-ethyl adjacent to an activating group) is 1. The summed E-state index contributed by atoms with van der Waals surface area (Å²) in [6.45, 7) is 7.01. The number of benzene rings is 1. The molecule has 1 aromatic carbocycles. The van der Waals surface area contributed by atoms with Crippen LogP contribution in [0, 0.1) is 0 Å². The number of nitrogens with one attached hydrogen (secondary N) is 1. The number of piperidine rings is 1. The minimum atomic E-state index is -0.385. The summed E-state index contributed by atoms with van der Waals surface area (Å²) in [6, 6.07) is 7.15. The Morgan fingerprint density at radius 3 is 2.56 bits per heavy atom. The Morgan fingerprint density at radius 2 is 1.88 bits per heavy atom. The normalized spacial score (nSPS) is 19.6. The Balaban J connectivity index is 1.42. The van der Waals surface area contributed by atoms with Crippen molar-refractivity contribution in [2.24, 2.45) is 0 Å². The number of thiazole rings is 1. The standard InChI is InChI=1S/C23H31N5O3S/c1-3-26-12-14-27(15-13-26)22(30)20-6-4-5-11-28(20)21(29)19-16-32-23(25-19)24-17-7-9-18(31-2)10-8-17/h7-10,16,20H,3-6,11-15H2,1-2H3,(H,24,25). The first-order valence-corrected chi connectivity index (χ1v) is 12.2. The number of likely N-dealkylation sites (tertiary alicyclic amines) is 1. The maximum Gasteiger partial charge on any atom is 0.274 e. The summed E-state index contributed by atoms with van der Waals surface area (Å²) >= 11 is 1.39. The largest absolute Gasteiger partial charge is 0.497 e. The second kappa shape index (κ2) is 10.3. The lowest BCUT2D eigenvalue weighted by Crippen LogP contribution is -2.57. The molecule has 4 rings (SSSR count). The molecule has 1 unspecified atom stereocenters. The Hall–Kier alpha value is -2.65. The maximum atomic E-state index is 13.3. The molecule has 0 aliphatic carbocycles. The van der Waals surface area contributed by atoms with Crippen molar-refractivity contribution in [3.05, 3.63) is 35.3 Å². The van der Waals surface area contributed by atoms with Gasteiger partial charge in [-0.15, -0.1) is 11.3 Å². The number of anilines is 2. The van der Waals surface area contributed by atoms with E-state index in [4.69, 9.17) is 4.74 Å². The number of hydrogen-bond donors (Lipinski definition) is 1. The van der Waals surface area contributed by atoms with E-state index < -0.39 is 0 Å². The third-order valence-electron chi connectivity index (χ3n) is 6.24. The van der Waals surface area contributed by atoms with Crippen LogP contribution in [-0.4, -0.2) is 83.9 Å². The van der Waals surface area contributed by atoms with Gasteiger partial charge in [-0.05, 0) is 50.1 Å². The molecule has 1 atom stereocenters. The molecule has 8 nitrogen and oxygen atoms in total. The molecule has 172 valence electrons. The highest BCUT2D eigenvalue weighted by Crippen LogP contribution is 2.26. The number of carbonyl (C=O) groups is 2. The van der Waals surface area contributed by atoms with Gasteiger partial charge in [-0.3, -0.25) is 9.59 Å². The van der Waals surface area contributed by atoms with E-state index in [0.717, 1.165) is 63.4 Å². The first-order valence-electron chi connectivity index (χ1n) is 11.3. The predicted molar refractivity (Wildman–Crippen MR) is 126 cm³/mol. The average molecular weight is 458 g/mol. The Kier molecular flexibility index (Phi) is 7.26. The fourth-order valence-corrected chi connectivity index (χ4v) is 5.01. The molecule has 2 aromatic rings. The van der Waals surface area contributed by atoms with Crippen LogP contribution in [0.15, 0.2) is 29.6 Å². The molecule has 2 fully saturated rings. The number of hydrogen-bond acceptors (Lipinski definition) is 7. The van der Waals surface area contributed by atoms with Crippen LogP contribution in [0.5, 0.6) is 5.75 Å². The van der Waals surface area contributed by atoms with Gasteiger partial charge in [-0.25, -0.2) is 4.98 Å². The van der Waals surface area contributed by atoms with Gasteiger partial charge in [0, 0.05) is 43.8 Å². The van der Waals surface area contributed by atoms with Gasteiger partial charge in [-0.2, -0.15) is 0 Å². The molecule has 1 N–H and O–H groups in total. The summed E-state index contributed by atoms with van der Waals surface area (Å²) in [5.74, 6) is 0.706. The highest BCUT2D eigenvalue weighted by Gasteiger charge is 2.36. The van der Waals surface area contributed by atoms with Crippen molar-refractivity contribution in [3.8, 4) is 5.75 Å². The highest BCUT2D eigenvalue weighted by molar-refractivity contribution is 7.14. The number of carbonyl (C=O) groups excluding carboxylic acids is 2. The summed E-state index contributed by atoms with van der Waals surface area (Å²) in [5, 5.41) is 5.65. The monoisotopic (exact) mass is 457 g/mol. The van der Waals surface area contributed by atoms with Crippen molar-refractivity contribution in [2.45, 2.75) is 32.2 Å². The molecule has 2 aliphatic heterocycles. The molecule has 0 spiro atoms. The molecule has 0 saturated carbocycles. The van der Waals surface area contributed by atoms with Crippen LogP contribution in [0.25, 0.3) is 0 Å². The average Bonchev–Trinajstić information content (AvgIpc) is 3.32. The van der Waals surface area contributed by atoms with E-state index >= 15 is 0 Å². The number of amides is 2. The van der Waals surface area contributed by atoms with Crippen LogP contribution in [0.4, 0.5) is 10.8 Å². The molecular formula is C23H31N5O3S. The summed E-state index contributed by atoms with van der Waals surface area (Å²) in [4.78, 5) is 37.1. The van der Waals surface area contributed by atoms with Gasteiger partial charge in [-0.1, -0.05) is 6.92 Å². The molecule has 9 heteroatoms. The smallest absolute Gasteiger partial charge is 0.274 e. The van der Waals surface area contributed by atoms with Crippen molar-refractivity contribution >= 4 is 34.0 Å². The van der Waals surface area contributed by atoms with Crippen LogP contribution < -0.4 is 10.1 Å².